The first kappa shape index (κ1) is 13.6. The first-order chi connectivity index (χ1) is 10.2. The number of benzene rings is 2. The molecule has 5 heteroatoms. The van der Waals surface area contributed by atoms with Crippen LogP contribution in [0.1, 0.15) is 12.0 Å². The van der Waals surface area contributed by atoms with Crippen LogP contribution in [0.4, 0.5) is 4.39 Å². The fourth-order valence-corrected chi connectivity index (χ4v) is 2.47. The van der Waals surface area contributed by atoms with Gasteiger partial charge in [0.25, 0.3) is 5.91 Å². The Morgan fingerprint density at radius 3 is 2.62 bits per heavy atom. The van der Waals surface area contributed by atoms with Gasteiger partial charge >= 0.3 is 0 Å². The fraction of sp³-hybridized carbons (Fsp3) is 0.188. The standard InChI is InChI=1S/C16H14FNO3/c17-13-5-1-10(2-6-13)11-3-7-14-12(9-11)4-8-15(21-14)16(19)18-20/h1-3,5-7,9,15,20H,4,8H2,(H,18,19). The molecular formula is C16H14FNO3. The number of fused-ring (bicyclic) bond motifs is 1. The molecule has 0 saturated heterocycles. The second-order valence-electron chi connectivity index (χ2n) is 4.95. The summed E-state index contributed by atoms with van der Waals surface area (Å²) in [5, 5.41) is 8.64. The van der Waals surface area contributed by atoms with Gasteiger partial charge in [0.15, 0.2) is 6.10 Å². The van der Waals surface area contributed by atoms with E-state index in [0.29, 0.717) is 18.6 Å². The summed E-state index contributed by atoms with van der Waals surface area (Å²) in [6.45, 7) is 0. The molecule has 1 atom stereocenters. The number of aryl methyl sites for hydroxylation is 1. The zero-order valence-corrected chi connectivity index (χ0v) is 11.2. The lowest BCUT2D eigenvalue weighted by Crippen LogP contribution is -2.38. The zero-order valence-electron chi connectivity index (χ0n) is 11.2. The van der Waals surface area contributed by atoms with E-state index in [1.165, 1.54) is 12.1 Å². The van der Waals surface area contributed by atoms with E-state index in [-0.39, 0.29) is 5.82 Å². The Bertz CT molecular complexity index is 670. The van der Waals surface area contributed by atoms with Gasteiger partial charge in [-0.15, -0.1) is 0 Å². The molecule has 2 N–H and O–H groups in total. The Hall–Kier alpha value is -2.40. The van der Waals surface area contributed by atoms with Crippen molar-refractivity contribution < 1.29 is 19.1 Å². The molecule has 1 amide bonds. The van der Waals surface area contributed by atoms with E-state index in [1.807, 2.05) is 12.1 Å². The molecular weight excluding hydrogens is 273 g/mol. The van der Waals surface area contributed by atoms with Crippen molar-refractivity contribution in [1.82, 2.24) is 5.48 Å². The molecule has 1 aliphatic heterocycles. The topological polar surface area (TPSA) is 58.6 Å². The summed E-state index contributed by atoms with van der Waals surface area (Å²) in [5.74, 6) is -0.165. The molecule has 1 unspecified atom stereocenters. The minimum Gasteiger partial charge on any atom is -0.480 e. The summed E-state index contributed by atoms with van der Waals surface area (Å²) < 4.78 is 18.5. The highest BCUT2D eigenvalue weighted by Crippen LogP contribution is 2.32. The molecule has 2 aromatic carbocycles. The van der Waals surface area contributed by atoms with E-state index in [9.17, 15) is 9.18 Å². The normalized spacial score (nSPS) is 16.8. The Kier molecular flexibility index (Phi) is 3.58. The molecule has 0 radical (unpaired) electrons. The Balaban J connectivity index is 1.86. The molecule has 21 heavy (non-hydrogen) atoms. The number of hydrogen-bond donors (Lipinski definition) is 2. The van der Waals surface area contributed by atoms with Gasteiger partial charge in [-0.2, -0.15) is 0 Å². The van der Waals surface area contributed by atoms with Gasteiger partial charge in [-0.1, -0.05) is 18.2 Å². The predicted molar refractivity (Wildman–Crippen MR) is 74.5 cm³/mol. The molecule has 4 nitrogen and oxygen atoms in total. The third kappa shape index (κ3) is 2.73. The van der Waals surface area contributed by atoms with Gasteiger partial charge in [0.2, 0.25) is 0 Å². The van der Waals surface area contributed by atoms with Crippen LogP contribution >= 0.6 is 0 Å². The van der Waals surface area contributed by atoms with Crippen molar-refractivity contribution in [3.8, 4) is 16.9 Å². The zero-order chi connectivity index (χ0) is 14.8. The lowest BCUT2D eigenvalue weighted by molar-refractivity contribution is -0.137. The maximum Gasteiger partial charge on any atom is 0.284 e. The number of carbonyl (C=O) groups is 1. The average molecular weight is 287 g/mol. The number of hydrogen-bond acceptors (Lipinski definition) is 3. The predicted octanol–water partition coefficient (Wildman–Crippen LogP) is 2.69. The number of ether oxygens (including phenoxy) is 1. The quantitative estimate of drug-likeness (QED) is 0.659. The first-order valence-electron chi connectivity index (χ1n) is 6.67. The third-order valence-corrected chi connectivity index (χ3v) is 3.59. The van der Waals surface area contributed by atoms with Crippen LogP contribution in [0, 0.1) is 5.82 Å². The van der Waals surface area contributed by atoms with Crippen molar-refractivity contribution in [3.63, 3.8) is 0 Å². The maximum atomic E-state index is 12.9. The van der Waals surface area contributed by atoms with E-state index in [0.717, 1.165) is 16.7 Å². The molecule has 3 rings (SSSR count). The van der Waals surface area contributed by atoms with Gasteiger partial charge in [0.1, 0.15) is 11.6 Å². The van der Waals surface area contributed by atoms with E-state index in [4.69, 9.17) is 9.94 Å². The van der Waals surface area contributed by atoms with Crippen molar-refractivity contribution in [3.05, 3.63) is 53.8 Å². The van der Waals surface area contributed by atoms with Crippen LogP contribution in [0.5, 0.6) is 5.75 Å². The number of hydroxylamine groups is 1. The van der Waals surface area contributed by atoms with Crippen LogP contribution in [0.3, 0.4) is 0 Å². The van der Waals surface area contributed by atoms with E-state index >= 15 is 0 Å². The highest BCUT2D eigenvalue weighted by atomic mass is 19.1. The molecule has 2 aromatic rings. The third-order valence-electron chi connectivity index (χ3n) is 3.59. The smallest absolute Gasteiger partial charge is 0.284 e. The van der Waals surface area contributed by atoms with Gasteiger partial charge in [-0.25, -0.2) is 9.87 Å². The monoisotopic (exact) mass is 287 g/mol. The summed E-state index contributed by atoms with van der Waals surface area (Å²) in [5.41, 5.74) is 4.51. The summed E-state index contributed by atoms with van der Waals surface area (Å²) >= 11 is 0. The van der Waals surface area contributed by atoms with Crippen molar-refractivity contribution >= 4 is 5.91 Å². The molecule has 0 bridgehead atoms. The van der Waals surface area contributed by atoms with Crippen LogP contribution in [0.2, 0.25) is 0 Å². The first-order valence-corrected chi connectivity index (χ1v) is 6.67. The Morgan fingerprint density at radius 2 is 1.90 bits per heavy atom. The number of nitrogens with one attached hydrogen (secondary N) is 1. The second-order valence-corrected chi connectivity index (χ2v) is 4.95. The van der Waals surface area contributed by atoms with Gasteiger partial charge in [0, 0.05) is 0 Å². The van der Waals surface area contributed by atoms with Crippen molar-refractivity contribution in [1.29, 1.82) is 0 Å². The van der Waals surface area contributed by atoms with Crippen LogP contribution in [0.25, 0.3) is 11.1 Å². The second kappa shape index (κ2) is 5.54. The Labute approximate surface area is 121 Å². The van der Waals surface area contributed by atoms with E-state index < -0.39 is 12.0 Å². The SMILES string of the molecule is O=C(NO)C1CCc2cc(-c3ccc(F)cc3)ccc2O1. The van der Waals surface area contributed by atoms with Gasteiger partial charge < -0.3 is 4.74 Å². The average Bonchev–Trinajstić information content (AvgIpc) is 2.54. The molecule has 0 fully saturated rings. The summed E-state index contributed by atoms with van der Waals surface area (Å²) in [6, 6.07) is 11.9. The highest BCUT2D eigenvalue weighted by Gasteiger charge is 2.25. The minimum absolute atomic E-state index is 0.266. The Morgan fingerprint density at radius 1 is 1.19 bits per heavy atom. The molecule has 0 spiro atoms. The summed E-state index contributed by atoms with van der Waals surface area (Å²) in [4.78, 5) is 11.4. The summed E-state index contributed by atoms with van der Waals surface area (Å²) in [7, 11) is 0. The lowest BCUT2D eigenvalue weighted by Gasteiger charge is -2.24. The van der Waals surface area contributed by atoms with Crippen molar-refractivity contribution in [2.45, 2.75) is 18.9 Å². The van der Waals surface area contributed by atoms with Crippen LogP contribution in [0.15, 0.2) is 42.5 Å². The highest BCUT2D eigenvalue weighted by molar-refractivity contribution is 5.80. The van der Waals surface area contributed by atoms with Crippen LogP contribution < -0.4 is 10.2 Å². The van der Waals surface area contributed by atoms with Gasteiger partial charge in [-0.05, 0) is 53.8 Å². The summed E-state index contributed by atoms with van der Waals surface area (Å²) in [6.07, 6.45) is 0.522. The number of amides is 1. The van der Waals surface area contributed by atoms with Gasteiger partial charge in [-0.3, -0.25) is 10.0 Å². The molecule has 1 aliphatic rings. The van der Waals surface area contributed by atoms with Gasteiger partial charge in [0.05, 0.1) is 0 Å². The maximum absolute atomic E-state index is 12.9. The number of rotatable bonds is 2. The van der Waals surface area contributed by atoms with Crippen LogP contribution in [-0.4, -0.2) is 17.2 Å². The van der Waals surface area contributed by atoms with E-state index in [2.05, 4.69) is 0 Å². The molecule has 0 saturated carbocycles. The number of carbonyl (C=O) groups excluding carboxylic acids is 1. The lowest BCUT2D eigenvalue weighted by atomic mass is 9.97. The molecule has 108 valence electrons. The van der Waals surface area contributed by atoms with E-state index in [1.54, 1.807) is 23.7 Å². The fourth-order valence-electron chi connectivity index (χ4n) is 2.47. The number of halogens is 1. The van der Waals surface area contributed by atoms with Crippen molar-refractivity contribution in [2.24, 2.45) is 0 Å². The van der Waals surface area contributed by atoms with Crippen molar-refractivity contribution in [2.75, 3.05) is 0 Å². The molecule has 0 aromatic heterocycles. The largest absolute Gasteiger partial charge is 0.480 e. The molecule has 1 heterocycles. The van der Waals surface area contributed by atoms with Crippen LogP contribution in [-0.2, 0) is 11.2 Å². The minimum atomic E-state index is -0.667. The molecule has 0 aliphatic carbocycles.